The maximum atomic E-state index is 12.1. The molecule has 0 unspecified atom stereocenters. The molecule has 0 aromatic heterocycles. The Balaban J connectivity index is 1.75. The lowest BCUT2D eigenvalue weighted by Crippen LogP contribution is -2.46. The molecule has 0 atom stereocenters. The van der Waals surface area contributed by atoms with Crippen molar-refractivity contribution in [1.82, 2.24) is 4.90 Å². The molecule has 0 radical (unpaired) electrons. The maximum absolute atomic E-state index is 12.1. The highest BCUT2D eigenvalue weighted by Crippen LogP contribution is 2.46. The van der Waals surface area contributed by atoms with Crippen molar-refractivity contribution in [3.63, 3.8) is 0 Å². The fourth-order valence-corrected chi connectivity index (χ4v) is 4.65. The fourth-order valence-electron chi connectivity index (χ4n) is 4.65. The van der Waals surface area contributed by atoms with Gasteiger partial charge in [-0.1, -0.05) is 48.5 Å². The lowest BCUT2D eigenvalue weighted by molar-refractivity contribution is 0.0907. The summed E-state index contributed by atoms with van der Waals surface area (Å²) >= 11 is 0. The molecule has 130 valence electrons. The van der Waals surface area contributed by atoms with Gasteiger partial charge in [0.1, 0.15) is 0 Å². The molecule has 4 rings (SSSR count). The van der Waals surface area contributed by atoms with Crippen LogP contribution in [-0.4, -0.2) is 30.7 Å². The van der Waals surface area contributed by atoms with Crippen LogP contribution < -0.4 is 0 Å². The molecule has 2 aromatic carbocycles. The number of carbonyl (C=O) groups is 1. The number of carbonyl (C=O) groups excluding carboxylic acids is 1. The fraction of sp³-hybridized carbons (Fsp3) is 0.409. The zero-order valence-corrected chi connectivity index (χ0v) is 14.8. The highest BCUT2D eigenvalue weighted by atomic mass is 16.6. The Kier molecular flexibility index (Phi) is 4.24. The number of likely N-dealkylation sites (tertiary alicyclic amines) is 1. The summed E-state index contributed by atoms with van der Waals surface area (Å²) in [7, 11) is 0. The van der Waals surface area contributed by atoms with Crippen molar-refractivity contribution in [3.05, 3.63) is 70.8 Å². The van der Waals surface area contributed by atoms with E-state index in [-0.39, 0.29) is 11.5 Å². The van der Waals surface area contributed by atoms with E-state index in [4.69, 9.17) is 4.74 Å². The Morgan fingerprint density at radius 1 is 0.960 bits per heavy atom. The average Bonchev–Trinajstić information content (AvgIpc) is 2.79. The van der Waals surface area contributed by atoms with Crippen molar-refractivity contribution in [3.8, 4) is 0 Å². The van der Waals surface area contributed by atoms with Gasteiger partial charge in [0.15, 0.2) is 0 Å². The maximum Gasteiger partial charge on any atom is 0.409 e. The van der Waals surface area contributed by atoms with E-state index in [2.05, 4.69) is 48.5 Å². The molecule has 1 saturated heterocycles. The monoisotopic (exact) mass is 335 g/mol. The Bertz CT molecular complexity index is 726. The highest BCUT2D eigenvalue weighted by molar-refractivity contribution is 5.68. The largest absolute Gasteiger partial charge is 0.450 e. The molecule has 0 N–H and O–H groups in total. The molecular formula is C22H25NO2. The minimum Gasteiger partial charge on any atom is -0.450 e. The number of rotatable bonds is 1. The van der Waals surface area contributed by atoms with Gasteiger partial charge in [-0.15, -0.1) is 0 Å². The molecule has 2 aliphatic rings. The molecule has 0 saturated carbocycles. The van der Waals surface area contributed by atoms with Crippen LogP contribution in [0.1, 0.15) is 42.0 Å². The second-order valence-corrected chi connectivity index (χ2v) is 7.08. The first kappa shape index (κ1) is 16.2. The number of fused-ring (bicyclic) bond motifs is 4. The molecule has 1 aliphatic carbocycles. The molecule has 3 nitrogen and oxygen atoms in total. The summed E-state index contributed by atoms with van der Waals surface area (Å²) < 4.78 is 5.21. The SMILES string of the molecule is CCOC(=O)N1CCC2(CC1)c1ccccc1CCc1ccccc12. The average molecular weight is 335 g/mol. The third kappa shape index (κ3) is 2.72. The smallest absolute Gasteiger partial charge is 0.409 e. The van der Waals surface area contributed by atoms with Crippen LogP contribution in [0, 0.1) is 0 Å². The van der Waals surface area contributed by atoms with E-state index in [9.17, 15) is 4.79 Å². The van der Waals surface area contributed by atoms with E-state index in [0.29, 0.717) is 6.61 Å². The Hall–Kier alpha value is -2.29. The molecular weight excluding hydrogens is 310 g/mol. The van der Waals surface area contributed by atoms with Gasteiger partial charge in [-0.05, 0) is 54.9 Å². The third-order valence-corrected chi connectivity index (χ3v) is 5.87. The predicted molar refractivity (Wildman–Crippen MR) is 98.9 cm³/mol. The summed E-state index contributed by atoms with van der Waals surface area (Å²) in [5, 5.41) is 0. The van der Waals surface area contributed by atoms with Gasteiger partial charge in [0.2, 0.25) is 0 Å². The van der Waals surface area contributed by atoms with Crippen LogP contribution in [0.3, 0.4) is 0 Å². The summed E-state index contributed by atoms with van der Waals surface area (Å²) in [6, 6.07) is 17.8. The molecule has 1 heterocycles. The van der Waals surface area contributed by atoms with Crippen molar-refractivity contribution in [2.24, 2.45) is 0 Å². The lowest BCUT2D eigenvalue weighted by atomic mass is 9.66. The number of amides is 1. The van der Waals surface area contributed by atoms with Gasteiger partial charge >= 0.3 is 6.09 Å². The number of benzene rings is 2. The zero-order chi connectivity index (χ0) is 17.3. The molecule has 0 bridgehead atoms. The van der Waals surface area contributed by atoms with Gasteiger partial charge in [0.25, 0.3) is 0 Å². The molecule has 3 heteroatoms. The molecule has 1 aliphatic heterocycles. The third-order valence-electron chi connectivity index (χ3n) is 5.87. The van der Waals surface area contributed by atoms with E-state index in [1.165, 1.54) is 22.3 Å². The van der Waals surface area contributed by atoms with Crippen LogP contribution >= 0.6 is 0 Å². The number of piperidine rings is 1. The van der Waals surface area contributed by atoms with Gasteiger partial charge in [0, 0.05) is 18.5 Å². The van der Waals surface area contributed by atoms with Crippen molar-refractivity contribution in [1.29, 1.82) is 0 Å². The first-order chi connectivity index (χ1) is 12.2. The van der Waals surface area contributed by atoms with Crippen LogP contribution in [0.4, 0.5) is 4.79 Å². The number of hydrogen-bond acceptors (Lipinski definition) is 2. The van der Waals surface area contributed by atoms with Crippen LogP contribution in [0.15, 0.2) is 48.5 Å². The highest BCUT2D eigenvalue weighted by Gasteiger charge is 2.42. The Labute approximate surface area is 149 Å². The molecule has 25 heavy (non-hydrogen) atoms. The molecule has 1 spiro atoms. The molecule has 2 aromatic rings. The first-order valence-electron chi connectivity index (χ1n) is 9.33. The zero-order valence-electron chi connectivity index (χ0n) is 14.8. The number of aryl methyl sites for hydroxylation is 2. The van der Waals surface area contributed by atoms with E-state index < -0.39 is 0 Å². The van der Waals surface area contributed by atoms with E-state index in [1.54, 1.807) is 0 Å². The summed E-state index contributed by atoms with van der Waals surface area (Å²) in [5.74, 6) is 0. The van der Waals surface area contributed by atoms with Crippen molar-refractivity contribution < 1.29 is 9.53 Å². The molecule has 1 amide bonds. The molecule has 1 fully saturated rings. The Morgan fingerprint density at radius 3 is 2.00 bits per heavy atom. The van der Waals surface area contributed by atoms with Gasteiger partial charge in [-0.3, -0.25) is 0 Å². The number of ether oxygens (including phenoxy) is 1. The van der Waals surface area contributed by atoms with Gasteiger partial charge in [-0.25, -0.2) is 4.79 Å². The van der Waals surface area contributed by atoms with Gasteiger partial charge < -0.3 is 9.64 Å². The van der Waals surface area contributed by atoms with Crippen LogP contribution in [0.5, 0.6) is 0 Å². The summed E-state index contributed by atoms with van der Waals surface area (Å²) in [6.07, 6.45) is 3.93. The van der Waals surface area contributed by atoms with Crippen LogP contribution in [-0.2, 0) is 23.0 Å². The minimum absolute atomic E-state index is 0.0205. The van der Waals surface area contributed by atoms with Crippen molar-refractivity contribution >= 4 is 6.09 Å². The normalized spacial score (nSPS) is 18.2. The van der Waals surface area contributed by atoms with E-state index in [1.807, 2.05) is 11.8 Å². The standard InChI is InChI=1S/C22H25NO2/c1-2-25-21(24)23-15-13-22(14-16-23)19-9-5-3-7-17(19)11-12-18-8-4-6-10-20(18)22/h3-10H,2,11-16H2,1H3. The lowest BCUT2D eigenvalue weighted by Gasteiger charge is -2.43. The Morgan fingerprint density at radius 2 is 1.48 bits per heavy atom. The van der Waals surface area contributed by atoms with E-state index >= 15 is 0 Å². The van der Waals surface area contributed by atoms with Crippen LogP contribution in [0.2, 0.25) is 0 Å². The number of hydrogen-bond donors (Lipinski definition) is 0. The van der Waals surface area contributed by atoms with Crippen LogP contribution in [0.25, 0.3) is 0 Å². The first-order valence-corrected chi connectivity index (χ1v) is 9.33. The second kappa shape index (κ2) is 6.55. The van der Waals surface area contributed by atoms with Gasteiger partial charge in [0.05, 0.1) is 6.61 Å². The summed E-state index contributed by atoms with van der Waals surface area (Å²) in [5.41, 5.74) is 5.87. The topological polar surface area (TPSA) is 29.5 Å². The van der Waals surface area contributed by atoms with E-state index in [0.717, 1.165) is 38.8 Å². The predicted octanol–water partition coefficient (Wildman–Crippen LogP) is 4.32. The summed E-state index contributed by atoms with van der Waals surface area (Å²) in [6.45, 7) is 3.80. The van der Waals surface area contributed by atoms with Crippen molar-refractivity contribution in [2.75, 3.05) is 19.7 Å². The quantitative estimate of drug-likeness (QED) is 0.776. The van der Waals surface area contributed by atoms with Gasteiger partial charge in [-0.2, -0.15) is 0 Å². The summed E-state index contributed by atoms with van der Waals surface area (Å²) in [4.78, 5) is 14.0. The minimum atomic E-state index is -0.174. The van der Waals surface area contributed by atoms with Crippen molar-refractivity contribution in [2.45, 2.75) is 38.0 Å². The second-order valence-electron chi connectivity index (χ2n) is 7.08. The number of nitrogens with zero attached hydrogens (tertiary/aromatic N) is 1.